The monoisotopic (exact) mass is 196 g/mol. The van der Waals surface area contributed by atoms with Gasteiger partial charge in [-0.25, -0.2) is 0 Å². The van der Waals surface area contributed by atoms with Crippen molar-refractivity contribution in [1.29, 1.82) is 0 Å². The first kappa shape index (κ1) is 11.2. The maximum absolute atomic E-state index is 11.4. The number of allylic oxidation sites excluding steroid dienone is 2. The molecule has 0 aromatic heterocycles. The second-order valence-corrected chi connectivity index (χ2v) is 2.84. The largest absolute Gasteiger partial charge is 0.395 e. The van der Waals surface area contributed by atoms with Crippen LogP contribution < -0.4 is 5.73 Å². The van der Waals surface area contributed by atoms with E-state index in [1.165, 1.54) is 6.08 Å². The van der Waals surface area contributed by atoms with Gasteiger partial charge in [0.1, 0.15) is 0 Å². The summed E-state index contributed by atoms with van der Waals surface area (Å²) in [6, 6.07) is 6.66. The average molecular weight is 196 g/mol. The molecule has 0 saturated carbocycles. The molecule has 0 spiro atoms. The fourth-order valence-electron chi connectivity index (χ4n) is 1.34. The molecule has 0 fully saturated rings. The third-order valence-electron chi connectivity index (χ3n) is 1.99. The zero-order valence-electron chi connectivity index (χ0n) is 7.78. The molecule has 2 N–H and O–H groups in total. The normalized spacial score (nSPS) is 14.1. The van der Waals surface area contributed by atoms with Gasteiger partial charge in [0.15, 0.2) is 5.78 Å². The van der Waals surface area contributed by atoms with Crippen LogP contribution in [0.1, 0.15) is 20.7 Å². The van der Waals surface area contributed by atoms with Crippen LogP contribution in [-0.2, 0) is 0 Å². The molecule has 0 saturated heterocycles. The van der Waals surface area contributed by atoms with Crippen LogP contribution in [-0.4, -0.2) is 41.1 Å². The summed E-state index contributed by atoms with van der Waals surface area (Å²) in [7, 11) is 0. The molecule has 2 rings (SSSR count). The molecular formula is C10H7NNaO2. The number of nitrogens with two attached hydrogens (primary N) is 1. The maximum Gasteiger partial charge on any atom is 0.209 e. The summed E-state index contributed by atoms with van der Waals surface area (Å²) in [5, 5.41) is 0. The first-order chi connectivity index (χ1) is 6.20. The fraction of sp³-hybridized carbons (Fsp3) is 0. The van der Waals surface area contributed by atoms with Gasteiger partial charge in [0, 0.05) is 46.8 Å². The zero-order chi connectivity index (χ0) is 9.42. The first-order valence-corrected chi connectivity index (χ1v) is 3.85. The molecule has 14 heavy (non-hydrogen) atoms. The molecule has 0 bridgehead atoms. The van der Waals surface area contributed by atoms with Gasteiger partial charge in [-0.05, 0) is 0 Å². The van der Waals surface area contributed by atoms with Crippen LogP contribution in [0, 0.1) is 0 Å². The zero-order valence-corrected chi connectivity index (χ0v) is 9.78. The van der Waals surface area contributed by atoms with Crippen LogP contribution in [0.5, 0.6) is 0 Å². The van der Waals surface area contributed by atoms with E-state index in [2.05, 4.69) is 0 Å². The third kappa shape index (κ3) is 1.66. The fourth-order valence-corrected chi connectivity index (χ4v) is 1.34. The van der Waals surface area contributed by atoms with E-state index in [9.17, 15) is 9.59 Å². The van der Waals surface area contributed by atoms with Crippen LogP contribution in [0.25, 0.3) is 0 Å². The predicted molar refractivity (Wildman–Crippen MR) is 53.1 cm³/mol. The Labute approximate surface area is 103 Å². The van der Waals surface area contributed by atoms with Crippen molar-refractivity contribution in [2.75, 3.05) is 0 Å². The minimum Gasteiger partial charge on any atom is -0.395 e. The van der Waals surface area contributed by atoms with Crippen LogP contribution in [0.2, 0.25) is 0 Å². The van der Waals surface area contributed by atoms with Crippen molar-refractivity contribution < 1.29 is 9.59 Å². The summed E-state index contributed by atoms with van der Waals surface area (Å²) in [5.41, 5.74) is 6.22. The summed E-state index contributed by atoms with van der Waals surface area (Å²) in [5.74, 6) is -0.470. The van der Waals surface area contributed by atoms with Crippen molar-refractivity contribution in [3.63, 3.8) is 0 Å². The van der Waals surface area contributed by atoms with Gasteiger partial charge in [0.25, 0.3) is 0 Å². The van der Waals surface area contributed by atoms with Crippen molar-refractivity contribution in [2.45, 2.75) is 0 Å². The Kier molecular flexibility index (Phi) is 3.26. The SMILES string of the molecule is NC1=CC(=O)c2ccccc2C1=O.[Na]. The summed E-state index contributed by atoms with van der Waals surface area (Å²) >= 11 is 0. The van der Waals surface area contributed by atoms with Crippen LogP contribution in [0.4, 0.5) is 0 Å². The van der Waals surface area contributed by atoms with E-state index >= 15 is 0 Å². The standard InChI is InChI=1S/C10H7NO2.Na/c11-8-5-9(12)6-3-1-2-4-7(6)10(8)13;/h1-5H,11H2;. The Balaban J connectivity index is 0.000000980. The summed E-state index contributed by atoms with van der Waals surface area (Å²) < 4.78 is 0. The van der Waals surface area contributed by atoms with E-state index < -0.39 is 0 Å². The molecule has 1 aliphatic carbocycles. The summed E-state index contributed by atoms with van der Waals surface area (Å²) in [6.07, 6.45) is 1.17. The van der Waals surface area contributed by atoms with Crippen LogP contribution in [0.15, 0.2) is 36.0 Å². The van der Waals surface area contributed by atoms with Crippen molar-refractivity contribution >= 4 is 41.1 Å². The number of fused-ring (bicyclic) bond motifs is 1. The second kappa shape index (κ2) is 4.09. The molecule has 65 valence electrons. The van der Waals surface area contributed by atoms with Gasteiger partial charge in [-0.15, -0.1) is 0 Å². The van der Waals surface area contributed by atoms with Crippen LogP contribution in [0.3, 0.4) is 0 Å². The number of carbonyl (C=O) groups is 2. The van der Waals surface area contributed by atoms with Gasteiger partial charge in [-0.2, -0.15) is 0 Å². The van der Waals surface area contributed by atoms with Crippen molar-refractivity contribution in [3.8, 4) is 0 Å². The molecule has 0 aliphatic heterocycles. The molecule has 1 aliphatic rings. The number of hydrogen-bond acceptors (Lipinski definition) is 3. The molecule has 1 aromatic rings. The molecule has 0 atom stereocenters. The molecular weight excluding hydrogens is 189 g/mol. The van der Waals surface area contributed by atoms with Gasteiger partial charge in [-0.1, -0.05) is 24.3 Å². The van der Waals surface area contributed by atoms with Gasteiger partial charge < -0.3 is 5.73 Å². The van der Waals surface area contributed by atoms with Crippen molar-refractivity contribution in [1.82, 2.24) is 0 Å². The topological polar surface area (TPSA) is 60.2 Å². The number of ketones is 2. The third-order valence-corrected chi connectivity index (χ3v) is 1.99. The van der Waals surface area contributed by atoms with Crippen molar-refractivity contribution in [2.24, 2.45) is 5.73 Å². The Bertz CT molecular complexity index is 438. The van der Waals surface area contributed by atoms with Gasteiger partial charge in [0.05, 0.1) is 5.70 Å². The number of benzene rings is 1. The Morgan fingerprint density at radius 2 is 1.57 bits per heavy atom. The van der Waals surface area contributed by atoms with Gasteiger partial charge in [-0.3, -0.25) is 9.59 Å². The Hall–Kier alpha value is -0.900. The van der Waals surface area contributed by atoms with E-state index in [0.29, 0.717) is 11.1 Å². The molecule has 0 unspecified atom stereocenters. The first-order valence-electron chi connectivity index (χ1n) is 3.85. The van der Waals surface area contributed by atoms with Crippen molar-refractivity contribution in [3.05, 3.63) is 47.2 Å². The van der Waals surface area contributed by atoms with Gasteiger partial charge >= 0.3 is 0 Å². The number of carbonyl (C=O) groups excluding carboxylic acids is 2. The average Bonchev–Trinajstić information content (AvgIpc) is 2.15. The molecule has 1 aromatic carbocycles. The Morgan fingerprint density at radius 1 is 1.00 bits per heavy atom. The van der Waals surface area contributed by atoms with E-state index in [1.807, 2.05) is 0 Å². The van der Waals surface area contributed by atoms with Gasteiger partial charge in [0.2, 0.25) is 5.78 Å². The molecule has 3 nitrogen and oxygen atoms in total. The van der Waals surface area contributed by atoms with E-state index in [-0.39, 0.29) is 46.8 Å². The number of Topliss-reactive ketones (excluding diaryl/α,β-unsaturated/α-hetero) is 1. The number of rotatable bonds is 0. The minimum absolute atomic E-state index is 0. The van der Waals surface area contributed by atoms with Crippen LogP contribution >= 0.6 is 0 Å². The molecule has 4 heteroatoms. The summed E-state index contributed by atoms with van der Waals surface area (Å²) in [6.45, 7) is 0. The second-order valence-electron chi connectivity index (χ2n) is 2.84. The summed E-state index contributed by atoms with van der Waals surface area (Å²) in [4.78, 5) is 22.7. The molecule has 1 radical (unpaired) electrons. The minimum atomic E-state index is -0.268. The molecule has 0 amide bonds. The quantitative estimate of drug-likeness (QED) is 0.615. The van der Waals surface area contributed by atoms with E-state index in [1.54, 1.807) is 24.3 Å². The molecule has 0 heterocycles. The number of hydrogen-bond donors (Lipinski definition) is 1. The van der Waals surface area contributed by atoms with E-state index in [4.69, 9.17) is 5.73 Å². The van der Waals surface area contributed by atoms with E-state index in [0.717, 1.165) is 0 Å². The predicted octanol–water partition coefficient (Wildman–Crippen LogP) is 0.527. The maximum atomic E-state index is 11.4. The smallest absolute Gasteiger partial charge is 0.209 e. The Morgan fingerprint density at radius 3 is 2.21 bits per heavy atom.